The molecule has 100 valence electrons. The molecule has 1 aliphatic heterocycles. The zero-order valence-corrected chi connectivity index (χ0v) is 11.5. The summed E-state index contributed by atoms with van der Waals surface area (Å²) in [5.74, 6) is -0.779. The van der Waals surface area contributed by atoms with E-state index in [1.54, 1.807) is 20.8 Å². The third-order valence-corrected chi connectivity index (χ3v) is 2.63. The quantitative estimate of drug-likeness (QED) is 0.623. The van der Waals surface area contributed by atoms with Crippen LogP contribution in [0, 0.1) is 6.92 Å². The average molecular weight is 259 g/mol. The van der Waals surface area contributed by atoms with Crippen LogP contribution in [0.5, 0.6) is 0 Å². The van der Waals surface area contributed by atoms with E-state index in [-0.39, 0.29) is 5.91 Å². The lowest BCUT2D eigenvalue weighted by Crippen LogP contribution is -2.23. The number of esters is 1. The van der Waals surface area contributed by atoms with Crippen LogP contribution in [0.15, 0.2) is 24.3 Å². The molecule has 0 saturated heterocycles. The predicted molar refractivity (Wildman–Crippen MR) is 73.6 cm³/mol. The fraction of sp³-hybridized carbons (Fsp3) is 0.333. The van der Waals surface area contributed by atoms with Crippen molar-refractivity contribution in [2.24, 2.45) is 0 Å². The zero-order valence-electron chi connectivity index (χ0n) is 11.5. The minimum Gasteiger partial charge on any atom is -0.457 e. The number of aryl methyl sites for hydroxylation is 1. The number of ether oxygens (including phenoxy) is 1. The van der Waals surface area contributed by atoms with Crippen molar-refractivity contribution in [3.05, 3.63) is 35.4 Å². The Hall–Kier alpha value is -2.10. The molecule has 0 saturated carbocycles. The van der Waals surface area contributed by atoms with E-state index in [1.165, 1.54) is 6.08 Å². The average Bonchev–Trinajstić information content (AvgIpc) is 2.53. The standard InChI is InChI=1S/C15H17NO3/c1-9-5-6-12-10(7-9)11(14(18)16-12)8-13(17)19-15(2,3)4/h5-8H,1-4H3,(H,16,18)/b11-8+. The number of hydrogen-bond acceptors (Lipinski definition) is 3. The van der Waals surface area contributed by atoms with Gasteiger partial charge < -0.3 is 10.1 Å². The van der Waals surface area contributed by atoms with E-state index in [1.807, 2.05) is 25.1 Å². The number of benzene rings is 1. The number of amides is 1. The molecule has 0 atom stereocenters. The van der Waals surface area contributed by atoms with E-state index in [0.717, 1.165) is 16.8 Å². The minimum absolute atomic E-state index is 0.272. The zero-order chi connectivity index (χ0) is 14.2. The smallest absolute Gasteiger partial charge is 0.332 e. The molecule has 1 N–H and O–H groups in total. The van der Waals surface area contributed by atoms with E-state index >= 15 is 0 Å². The third-order valence-electron chi connectivity index (χ3n) is 2.63. The van der Waals surface area contributed by atoms with Gasteiger partial charge in [0.2, 0.25) is 0 Å². The summed E-state index contributed by atoms with van der Waals surface area (Å²) in [5.41, 5.74) is 2.29. The molecule has 0 radical (unpaired) electrons. The van der Waals surface area contributed by atoms with Gasteiger partial charge in [-0.05, 0) is 39.8 Å². The Balaban J connectivity index is 2.34. The first-order valence-corrected chi connectivity index (χ1v) is 6.13. The highest BCUT2D eigenvalue weighted by molar-refractivity contribution is 6.33. The normalized spacial score (nSPS) is 16.2. The third kappa shape index (κ3) is 3.02. The van der Waals surface area contributed by atoms with Gasteiger partial charge in [0.05, 0.1) is 5.57 Å². The van der Waals surface area contributed by atoms with Gasteiger partial charge in [-0.15, -0.1) is 0 Å². The van der Waals surface area contributed by atoms with Gasteiger partial charge in [0.15, 0.2) is 0 Å². The van der Waals surface area contributed by atoms with Gasteiger partial charge in [-0.1, -0.05) is 11.6 Å². The summed E-state index contributed by atoms with van der Waals surface area (Å²) < 4.78 is 5.20. The molecule has 4 nitrogen and oxygen atoms in total. The molecular weight excluding hydrogens is 242 g/mol. The lowest BCUT2D eigenvalue weighted by Gasteiger charge is -2.18. The molecule has 1 amide bonds. The molecule has 1 aromatic rings. The summed E-state index contributed by atoms with van der Waals surface area (Å²) in [6, 6.07) is 5.62. The number of anilines is 1. The van der Waals surface area contributed by atoms with E-state index in [0.29, 0.717) is 5.57 Å². The molecule has 0 aromatic heterocycles. The summed E-state index contributed by atoms with van der Waals surface area (Å²) in [4.78, 5) is 23.6. The van der Waals surface area contributed by atoms with Crippen LogP contribution in [0.25, 0.3) is 5.57 Å². The van der Waals surface area contributed by atoms with Crippen molar-refractivity contribution in [1.29, 1.82) is 0 Å². The summed E-state index contributed by atoms with van der Waals surface area (Å²) >= 11 is 0. The van der Waals surface area contributed by atoms with Crippen molar-refractivity contribution in [1.82, 2.24) is 0 Å². The van der Waals surface area contributed by atoms with Crippen molar-refractivity contribution in [2.45, 2.75) is 33.3 Å². The number of hydrogen-bond donors (Lipinski definition) is 1. The van der Waals surface area contributed by atoms with Crippen molar-refractivity contribution in [3.8, 4) is 0 Å². The monoisotopic (exact) mass is 259 g/mol. The van der Waals surface area contributed by atoms with Crippen LogP contribution in [-0.2, 0) is 14.3 Å². The lowest BCUT2D eigenvalue weighted by atomic mass is 10.0. The summed E-state index contributed by atoms with van der Waals surface area (Å²) in [7, 11) is 0. The van der Waals surface area contributed by atoms with Crippen LogP contribution in [0.2, 0.25) is 0 Å². The van der Waals surface area contributed by atoms with Crippen molar-refractivity contribution in [3.63, 3.8) is 0 Å². The molecule has 1 heterocycles. The summed E-state index contributed by atoms with van der Waals surface area (Å²) in [6.07, 6.45) is 1.26. The van der Waals surface area contributed by atoms with Crippen LogP contribution >= 0.6 is 0 Å². The lowest BCUT2D eigenvalue weighted by molar-refractivity contribution is -0.148. The Bertz CT molecular complexity index is 580. The Morgan fingerprint density at radius 3 is 2.63 bits per heavy atom. The second-order valence-corrected chi connectivity index (χ2v) is 5.59. The van der Waals surface area contributed by atoms with Gasteiger partial charge in [-0.3, -0.25) is 4.79 Å². The topological polar surface area (TPSA) is 55.4 Å². The van der Waals surface area contributed by atoms with Gasteiger partial charge >= 0.3 is 5.97 Å². The second kappa shape index (κ2) is 4.53. The first-order chi connectivity index (χ1) is 8.76. The second-order valence-electron chi connectivity index (χ2n) is 5.59. The Labute approximate surface area is 112 Å². The first kappa shape index (κ1) is 13.3. The van der Waals surface area contributed by atoms with Crippen LogP contribution in [-0.4, -0.2) is 17.5 Å². The van der Waals surface area contributed by atoms with Gasteiger partial charge in [0.1, 0.15) is 5.60 Å². The van der Waals surface area contributed by atoms with Gasteiger partial charge in [0.25, 0.3) is 5.91 Å². The Morgan fingerprint density at radius 2 is 2.00 bits per heavy atom. The number of fused-ring (bicyclic) bond motifs is 1. The van der Waals surface area contributed by atoms with E-state index in [2.05, 4.69) is 5.32 Å². The van der Waals surface area contributed by atoms with Crippen LogP contribution in [0.4, 0.5) is 5.69 Å². The van der Waals surface area contributed by atoms with E-state index < -0.39 is 11.6 Å². The summed E-state index contributed by atoms with van der Waals surface area (Å²) in [5, 5.41) is 2.73. The molecule has 0 bridgehead atoms. The van der Waals surface area contributed by atoms with Crippen LogP contribution in [0.3, 0.4) is 0 Å². The molecule has 1 aromatic carbocycles. The number of carbonyl (C=O) groups is 2. The first-order valence-electron chi connectivity index (χ1n) is 6.13. The molecule has 0 fully saturated rings. The Kier molecular flexibility index (Phi) is 3.18. The summed E-state index contributed by atoms with van der Waals surface area (Å²) in [6.45, 7) is 7.30. The SMILES string of the molecule is Cc1ccc2c(c1)/C(=C\C(=O)OC(C)(C)C)C(=O)N2. The molecular formula is C15H17NO3. The molecule has 4 heteroatoms. The number of carbonyl (C=O) groups excluding carboxylic acids is 2. The number of rotatable bonds is 1. The maximum atomic E-state index is 11.9. The number of nitrogens with one attached hydrogen (secondary N) is 1. The van der Waals surface area contributed by atoms with Gasteiger partial charge in [-0.25, -0.2) is 4.79 Å². The van der Waals surface area contributed by atoms with Gasteiger partial charge in [-0.2, -0.15) is 0 Å². The highest BCUT2D eigenvalue weighted by atomic mass is 16.6. The Morgan fingerprint density at radius 1 is 1.32 bits per heavy atom. The van der Waals surface area contributed by atoms with Crippen molar-refractivity contribution >= 4 is 23.1 Å². The fourth-order valence-electron chi connectivity index (χ4n) is 1.89. The molecule has 0 unspecified atom stereocenters. The maximum Gasteiger partial charge on any atom is 0.332 e. The highest BCUT2D eigenvalue weighted by Crippen LogP contribution is 2.32. The minimum atomic E-state index is -0.571. The van der Waals surface area contributed by atoms with Crippen LogP contribution in [0.1, 0.15) is 31.9 Å². The largest absolute Gasteiger partial charge is 0.457 e. The predicted octanol–water partition coefficient (Wildman–Crippen LogP) is 2.67. The molecule has 0 spiro atoms. The van der Waals surface area contributed by atoms with E-state index in [9.17, 15) is 9.59 Å². The molecule has 0 aliphatic carbocycles. The van der Waals surface area contributed by atoms with Crippen LogP contribution < -0.4 is 5.32 Å². The van der Waals surface area contributed by atoms with Crippen molar-refractivity contribution in [2.75, 3.05) is 5.32 Å². The maximum absolute atomic E-state index is 11.9. The highest BCUT2D eigenvalue weighted by Gasteiger charge is 2.26. The van der Waals surface area contributed by atoms with E-state index in [4.69, 9.17) is 4.74 Å². The molecule has 19 heavy (non-hydrogen) atoms. The van der Waals surface area contributed by atoms with Crippen molar-refractivity contribution < 1.29 is 14.3 Å². The molecule has 2 rings (SSSR count). The van der Waals surface area contributed by atoms with Gasteiger partial charge in [0, 0.05) is 17.3 Å². The fourth-order valence-corrected chi connectivity index (χ4v) is 1.89. The molecule has 1 aliphatic rings.